The zero-order chi connectivity index (χ0) is 22.7. The molecule has 1 aliphatic rings. The van der Waals surface area contributed by atoms with Crippen LogP contribution in [-0.4, -0.2) is 0 Å². The molecule has 3 heteroatoms. The average Bonchev–Trinajstić information content (AvgIpc) is 3.31. The fourth-order valence-corrected chi connectivity index (χ4v) is 4.34. The molecule has 0 fully saturated rings. The maximum absolute atomic E-state index is 3.69. The number of hydrogen-bond donors (Lipinski definition) is 0. The maximum Gasteiger partial charge on any atom is 4.00 e. The summed E-state index contributed by atoms with van der Waals surface area (Å²) in [5.74, 6) is 0. The van der Waals surface area contributed by atoms with Crippen molar-refractivity contribution < 1.29 is 51.0 Å². The van der Waals surface area contributed by atoms with Crippen LogP contribution in [0.5, 0.6) is 0 Å². The van der Waals surface area contributed by atoms with Gasteiger partial charge in [-0.3, -0.25) is 0 Å². The molecule has 0 saturated heterocycles. The van der Waals surface area contributed by atoms with Gasteiger partial charge in [-0.2, -0.15) is 35.9 Å². The Kier molecular flexibility index (Phi) is 14.3. The van der Waals surface area contributed by atoms with Crippen molar-refractivity contribution in [1.82, 2.24) is 0 Å². The van der Waals surface area contributed by atoms with Crippen LogP contribution in [0.2, 0.25) is 0 Å². The Morgan fingerprint density at radius 2 is 1.27 bits per heavy atom. The molecule has 176 valence electrons. The minimum absolute atomic E-state index is 0. The second-order valence-corrected chi connectivity index (χ2v) is 10.2. The number of halogens is 2. The van der Waals surface area contributed by atoms with Gasteiger partial charge >= 0.3 is 26.2 Å². The van der Waals surface area contributed by atoms with Gasteiger partial charge in [0.15, 0.2) is 0 Å². The monoisotopic (exact) mass is 558 g/mol. The van der Waals surface area contributed by atoms with Crippen molar-refractivity contribution in [2.45, 2.75) is 72.6 Å². The van der Waals surface area contributed by atoms with E-state index in [1.54, 1.807) is 0 Å². The molecule has 1 aliphatic carbocycles. The number of fused-ring (bicyclic) bond motifs is 3. The zero-order valence-corrected chi connectivity index (χ0v) is 25.5. The molecule has 0 radical (unpaired) electrons. The minimum atomic E-state index is 0. The summed E-state index contributed by atoms with van der Waals surface area (Å²) in [5.41, 5.74) is 11.6. The van der Waals surface area contributed by atoms with E-state index in [0.29, 0.717) is 0 Å². The summed E-state index contributed by atoms with van der Waals surface area (Å²) in [7, 11) is 0. The normalized spacial score (nSPS) is 11.0. The third-order valence-electron chi connectivity index (χ3n) is 5.64. The van der Waals surface area contributed by atoms with Crippen molar-refractivity contribution in [2.24, 2.45) is 0 Å². The minimum Gasteiger partial charge on any atom is -1.00 e. The molecule has 0 bridgehead atoms. The number of hydrogen-bond acceptors (Lipinski definition) is 0. The molecule has 33 heavy (non-hydrogen) atoms. The third kappa shape index (κ3) is 8.31. The largest absolute Gasteiger partial charge is 4.00 e. The van der Waals surface area contributed by atoms with Gasteiger partial charge in [-0.15, -0.1) is 29.8 Å². The van der Waals surface area contributed by atoms with Gasteiger partial charge in [0, 0.05) is 0 Å². The van der Waals surface area contributed by atoms with Crippen molar-refractivity contribution >= 4 is 0 Å². The van der Waals surface area contributed by atoms with Crippen molar-refractivity contribution in [3.63, 3.8) is 0 Å². The van der Waals surface area contributed by atoms with E-state index in [1.165, 1.54) is 44.5 Å². The standard InChI is InChI=1S/C23H29.C5H5.C2H4.2ClH.Zr/c1-14-9-16-11-17-10-15(2)21(23(6,7)8)13-19(17)18(16)12-20(14)22(3,4)5;1-2-4-5-3-1;1-2;;;/h9,12-13H,11H2,1-8H3;1-5H;1-2H2;2*1H;/q2*-1;;;;+4/p-2. The summed E-state index contributed by atoms with van der Waals surface area (Å²) in [6.45, 7) is 24.2. The Bertz CT molecular complexity index is 903. The van der Waals surface area contributed by atoms with Crippen LogP contribution in [0.15, 0.2) is 61.7 Å². The van der Waals surface area contributed by atoms with E-state index >= 15 is 0 Å². The van der Waals surface area contributed by atoms with E-state index in [4.69, 9.17) is 0 Å². The Morgan fingerprint density at radius 1 is 0.788 bits per heavy atom. The number of rotatable bonds is 0. The Labute approximate surface area is 234 Å². The van der Waals surface area contributed by atoms with Gasteiger partial charge in [0.2, 0.25) is 0 Å². The van der Waals surface area contributed by atoms with E-state index in [0.717, 1.165) is 6.42 Å². The fourth-order valence-electron chi connectivity index (χ4n) is 4.34. The van der Waals surface area contributed by atoms with E-state index in [-0.39, 0.29) is 61.8 Å². The van der Waals surface area contributed by atoms with Crippen LogP contribution in [0.1, 0.15) is 74.9 Å². The molecule has 0 spiro atoms. The van der Waals surface area contributed by atoms with E-state index in [9.17, 15) is 0 Å². The van der Waals surface area contributed by atoms with Crippen molar-refractivity contribution in [2.75, 3.05) is 0 Å². The SMILES string of the molecule is C=C.Cc1[c-]c2c(cc1C(C)(C)C)-c1cc(C(C)(C)C)c(C)cc1C2.[Cl-].[Cl-].[Zr+4].c1cc[cH-]c1. The van der Waals surface area contributed by atoms with Gasteiger partial charge in [0.05, 0.1) is 0 Å². The van der Waals surface area contributed by atoms with Gasteiger partial charge in [-0.1, -0.05) is 71.6 Å². The zero-order valence-electron chi connectivity index (χ0n) is 21.5. The van der Waals surface area contributed by atoms with Gasteiger partial charge in [-0.25, -0.2) is 12.1 Å². The van der Waals surface area contributed by atoms with E-state index < -0.39 is 0 Å². The second kappa shape index (κ2) is 13.8. The van der Waals surface area contributed by atoms with Gasteiger partial charge in [-0.05, 0) is 35.4 Å². The first-order valence-corrected chi connectivity index (χ1v) is 10.9. The fraction of sp³-hybridized carbons (Fsp3) is 0.367. The van der Waals surface area contributed by atoms with Crippen LogP contribution < -0.4 is 24.8 Å². The molecule has 0 atom stereocenters. The second-order valence-electron chi connectivity index (χ2n) is 10.2. The van der Waals surface area contributed by atoms with E-state index in [1.807, 2.05) is 30.3 Å². The van der Waals surface area contributed by atoms with Crippen molar-refractivity contribution in [3.8, 4) is 11.1 Å². The van der Waals surface area contributed by atoms with Crippen LogP contribution in [0.3, 0.4) is 0 Å². The van der Waals surface area contributed by atoms with Crippen LogP contribution in [-0.2, 0) is 43.5 Å². The Morgan fingerprint density at radius 3 is 1.70 bits per heavy atom. The summed E-state index contributed by atoms with van der Waals surface area (Å²) in [6.07, 6.45) is 1.03. The van der Waals surface area contributed by atoms with Crippen molar-refractivity contribution in [1.29, 1.82) is 0 Å². The molecule has 0 amide bonds. The summed E-state index contributed by atoms with van der Waals surface area (Å²) in [4.78, 5) is 0. The molecule has 0 aliphatic heterocycles. The molecule has 0 aromatic heterocycles. The third-order valence-corrected chi connectivity index (χ3v) is 5.64. The maximum atomic E-state index is 3.69. The van der Waals surface area contributed by atoms with E-state index in [2.05, 4.69) is 92.8 Å². The van der Waals surface area contributed by atoms with Crippen LogP contribution in [0, 0.1) is 19.9 Å². The average molecular weight is 561 g/mol. The first-order chi connectivity index (χ1) is 14.0. The summed E-state index contributed by atoms with van der Waals surface area (Å²) < 4.78 is 0. The van der Waals surface area contributed by atoms with Gasteiger partial charge < -0.3 is 24.8 Å². The Hall–Kier alpha value is -1.01. The van der Waals surface area contributed by atoms with Gasteiger partial charge in [0.1, 0.15) is 0 Å². The summed E-state index contributed by atoms with van der Waals surface area (Å²) in [6, 6.07) is 20.9. The summed E-state index contributed by atoms with van der Waals surface area (Å²) in [5, 5.41) is 0. The molecular weight excluding hydrogens is 522 g/mol. The molecule has 0 saturated carbocycles. The Balaban J connectivity index is 0. The number of aryl methyl sites for hydroxylation is 2. The first-order valence-electron chi connectivity index (χ1n) is 10.9. The van der Waals surface area contributed by atoms with Crippen LogP contribution in [0.25, 0.3) is 11.1 Å². The predicted molar refractivity (Wildman–Crippen MR) is 134 cm³/mol. The smallest absolute Gasteiger partial charge is 1.00 e. The first kappa shape index (κ1) is 34.2. The molecule has 3 aromatic carbocycles. The molecule has 4 rings (SSSR count). The summed E-state index contributed by atoms with van der Waals surface area (Å²) >= 11 is 0. The van der Waals surface area contributed by atoms with Gasteiger partial charge in [0.25, 0.3) is 0 Å². The topological polar surface area (TPSA) is 0 Å². The molecule has 3 aromatic rings. The molecule has 0 heterocycles. The molecule has 0 N–H and O–H groups in total. The molecule has 0 unspecified atom stereocenters. The van der Waals surface area contributed by atoms with Crippen molar-refractivity contribution in [3.05, 3.63) is 101 Å². The van der Waals surface area contributed by atoms with Crippen LogP contribution >= 0.6 is 0 Å². The predicted octanol–water partition coefficient (Wildman–Crippen LogP) is 2.48. The quantitative estimate of drug-likeness (QED) is 0.229. The molecule has 0 nitrogen and oxygen atoms in total. The number of benzene rings is 2. The van der Waals surface area contributed by atoms with Crippen LogP contribution in [0.4, 0.5) is 0 Å². The molecular formula is C30H38Cl2Zr.